The van der Waals surface area contributed by atoms with E-state index in [1.165, 1.54) is 11.8 Å². The van der Waals surface area contributed by atoms with Crippen molar-refractivity contribution in [2.75, 3.05) is 18.5 Å². The van der Waals surface area contributed by atoms with Crippen molar-refractivity contribution in [1.29, 1.82) is 0 Å². The van der Waals surface area contributed by atoms with Gasteiger partial charge in [-0.2, -0.15) is 0 Å². The Kier molecular flexibility index (Phi) is 6.18. The average Bonchev–Trinajstić information content (AvgIpc) is 2.76. The minimum absolute atomic E-state index is 0.0822. The van der Waals surface area contributed by atoms with Crippen LogP contribution in [0, 0.1) is 5.92 Å². The molecule has 1 N–H and O–H groups in total. The molecule has 2 heterocycles. The molecule has 8 heteroatoms. The monoisotopic (exact) mass is 439 g/mol. The van der Waals surface area contributed by atoms with Gasteiger partial charge in [0.25, 0.3) is 5.56 Å². The van der Waals surface area contributed by atoms with Crippen molar-refractivity contribution in [2.45, 2.75) is 37.7 Å². The van der Waals surface area contributed by atoms with Crippen LogP contribution in [0.3, 0.4) is 0 Å². The number of carbonyl (C=O) groups excluding carboxylic acids is 1. The van der Waals surface area contributed by atoms with Crippen LogP contribution >= 0.6 is 11.8 Å². The predicted molar refractivity (Wildman–Crippen MR) is 122 cm³/mol. The second kappa shape index (κ2) is 9.01. The Morgan fingerprint density at radius 3 is 2.65 bits per heavy atom. The van der Waals surface area contributed by atoms with Gasteiger partial charge < -0.3 is 14.8 Å². The molecule has 0 saturated heterocycles. The Morgan fingerprint density at radius 1 is 1.13 bits per heavy atom. The summed E-state index contributed by atoms with van der Waals surface area (Å²) in [5, 5.41) is 3.58. The summed E-state index contributed by atoms with van der Waals surface area (Å²) in [6.45, 7) is 7.44. The molecule has 162 valence electrons. The van der Waals surface area contributed by atoms with Crippen LogP contribution in [0.4, 0.5) is 5.69 Å². The first-order valence-corrected chi connectivity index (χ1v) is 11.2. The molecule has 1 aliphatic rings. The molecule has 0 spiro atoms. The standard InChI is InChI=1S/C23H25N3O4S/c1-14(2)13-26-22(28)17-6-4-5-7-18(17)25-23(26)31-15(3)21(27)24-16-8-9-19-20(12-16)30-11-10-29-19/h4-9,12,14-15H,10-11,13H2,1-3H3,(H,24,27)/t15-/m1/s1. The molecule has 31 heavy (non-hydrogen) atoms. The summed E-state index contributed by atoms with van der Waals surface area (Å²) in [7, 11) is 0. The molecular formula is C23H25N3O4S. The van der Waals surface area contributed by atoms with Gasteiger partial charge in [0.05, 0.1) is 16.2 Å². The summed E-state index contributed by atoms with van der Waals surface area (Å²) in [4.78, 5) is 30.6. The Bertz CT molecular complexity index is 1180. The van der Waals surface area contributed by atoms with E-state index >= 15 is 0 Å². The second-order valence-electron chi connectivity index (χ2n) is 7.83. The first-order valence-electron chi connectivity index (χ1n) is 10.3. The molecule has 1 aromatic heterocycles. The molecule has 0 radical (unpaired) electrons. The van der Waals surface area contributed by atoms with Crippen LogP contribution in [0.2, 0.25) is 0 Å². The molecule has 4 rings (SSSR count). The molecule has 0 fully saturated rings. The summed E-state index contributed by atoms with van der Waals surface area (Å²) in [6, 6.07) is 12.6. The fourth-order valence-electron chi connectivity index (χ4n) is 3.34. The molecule has 0 bridgehead atoms. The van der Waals surface area contributed by atoms with Crippen molar-refractivity contribution in [3.05, 3.63) is 52.8 Å². The normalized spacial score (nSPS) is 13.9. The zero-order chi connectivity index (χ0) is 22.0. The molecule has 0 aliphatic carbocycles. The maximum Gasteiger partial charge on any atom is 0.262 e. The number of thioether (sulfide) groups is 1. The van der Waals surface area contributed by atoms with Gasteiger partial charge in [-0.05, 0) is 37.1 Å². The van der Waals surface area contributed by atoms with E-state index in [1.54, 1.807) is 35.8 Å². The van der Waals surface area contributed by atoms with E-state index < -0.39 is 5.25 Å². The summed E-state index contributed by atoms with van der Waals surface area (Å²) >= 11 is 1.28. The topological polar surface area (TPSA) is 82.5 Å². The van der Waals surface area contributed by atoms with Crippen LogP contribution in [0.5, 0.6) is 11.5 Å². The number of nitrogens with zero attached hydrogens (tertiary/aromatic N) is 2. The van der Waals surface area contributed by atoms with Crippen LogP contribution in [0.15, 0.2) is 52.4 Å². The molecule has 1 aliphatic heterocycles. The van der Waals surface area contributed by atoms with E-state index in [9.17, 15) is 9.59 Å². The van der Waals surface area contributed by atoms with Crippen molar-refractivity contribution in [1.82, 2.24) is 9.55 Å². The number of aromatic nitrogens is 2. The zero-order valence-electron chi connectivity index (χ0n) is 17.8. The summed E-state index contributed by atoms with van der Waals surface area (Å²) in [5.41, 5.74) is 1.18. The van der Waals surface area contributed by atoms with Crippen molar-refractivity contribution in [3.8, 4) is 11.5 Å². The largest absolute Gasteiger partial charge is 0.486 e. The van der Waals surface area contributed by atoms with Gasteiger partial charge in [-0.25, -0.2) is 4.98 Å². The van der Waals surface area contributed by atoms with Gasteiger partial charge in [0.15, 0.2) is 16.7 Å². The molecule has 2 aromatic carbocycles. The number of benzene rings is 2. The number of hydrogen-bond acceptors (Lipinski definition) is 6. The van der Waals surface area contributed by atoms with Crippen LogP contribution in [-0.4, -0.2) is 33.9 Å². The number of para-hydroxylation sites is 1. The number of nitrogens with one attached hydrogen (secondary N) is 1. The van der Waals surface area contributed by atoms with Crippen molar-refractivity contribution < 1.29 is 14.3 Å². The number of anilines is 1. The zero-order valence-corrected chi connectivity index (χ0v) is 18.6. The Balaban J connectivity index is 1.56. The first-order chi connectivity index (χ1) is 14.9. The summed E-state index contributed by atoms with van der Waals surface area (Å²) in [5.74, 6) is 1.37. The third-order valence-electron chi connectivity index (χ3n) is 4.84. The smallest absolute Gasteiger partial charge is 0.262 e. The second-order valence-corrected chi connectivity index (χ2v) is 9.14. The van der Waals surface area contributed by atoms with E-state index in [0.717, 1.165) is 0 Å². The molecule has 1 amide bonds. The maximum atomic E-state index is 13.0. The number of carbonyl (C=O) groups is 1. The maximum absolute atomic E-state index is 13.0. The lowest BCUT2D eigenvalue weighted by atomic mass is 10.2. The lowest BCUT2D eigenvalue weighted by Crippen LogP contribution is -2.28. The van der Waals surface area contributed by atoms with Crippen molar-refractivity contribution >= 4 is 34.3 Å². The summed E-state index contributed by atoms with van der Waals surface area (Å²) in [6.07, 6.45) is 0. The lowest BCUT2D eigenvalue weighted by molar-refractivity contribution is -0.115. The Labute approximate surface area is 184 Å². The van der Waals surface area contributed by atoms with E-state index in [0.29, 0.717) is 53.0 Å². The highest BCUT2D eigenvalue weighted by Gasteiger charge is 2.21. The number of fused-ring (bicyclic) bond motifs is 2. The average molecular weight is 440 g/mol. The number of hydrogen-bond donors (Lipinski definition) is 1. The molecule has 0 unspecified atom stereocenters. The van der Waals surface area contributed by atoms with Gasteiger partial charge in [0.1, 0.15) is 13.2 Å². The van der Waals surface area contributed by atoms with E-state index in [1.807, 2.05) is 32.0 Å². The number of rotatable bonds is 6. The van der Waals surface area contributed by atoms with E-state index in [4.69, 9.17) is 9.47 Å². The van der Waals surface area contributed by atoms with Gasteiger partial charge in [-0.3, -0.25) is 14.2 Å². The van der Waals surface area contributed by atoms with Crippen LogP contribution in [-0.2, 0) is 11.3 Å². The number of ether oxygens (including phenoxy) is 2. The minimum Gasteiger partial charge on any atom is -0.486 e. The predicted octanol–water partition coefficient (Wildman–Crippen LogP) is 3.94. The lowest BCUT2D eigenvalue weighted by Gasteiger charge is -2.20. The quantitative estimate of drug-likeness (QED) is 0.463. The van der Waals surface area contributed by atoms with Gasteiger partial charge in [-0.1, -0.05) is 37.7 Å². The highest BCUT2D eigenvalue weighted by Crippen LogP contribution is 2.33. The van der Waals surface area contributed by atoms with Crippen LogP contribution < -0.4 is 20.3 Å². The minimum atomic E-state index is -0.459. The highest BCUT2D eigenvalue weighted by molar-refractivity contribution is 8.00. The van der Waals surface area contributed by atoms with E-state index in [-0.39, 0.29) is 17.4 Å². The SMILES string of the molecule is CC(C)Cn1c(S[C@H](C)C(=O)Nc2ccc3c(c2)OCCO3)nc2ccccc2c1=O. The van der Waals surface area contributed by atoms with Crippen LogP contribution in [0.25, 0.3) is 10.9 Å². The molecule has 3 aromatic rings. The fourth-order valence-corrected chi connectivity index (χ4v) is 4.26. The highest BCUT2D eigenvalue weighted by atomic mass is 32.2. The van der Waals surface area contributed by atoms with Crippen molar-refractivity contribution in [2.24, 2.45) is 5.92 Å². The number of amides is 1. The van der Waals surface area contributed by atoms with E-state index in [2.05, 4.69) is 10.3 Å². The van der Waals surface area contributed by atoms with Gasteiger partial charge in [0, 0.05) is 18.3 Å². The Morgan fingerprint density at radius 2 is 1.87 bits per heavy atom. The molecular weight excluding hydrogens is 414 g/mol. The third kappa shape index (κ3) is 4.69. The third-order valence-corrected chi connectivity index (χ3v) is 5.93. The van der Waals surface area contributed by atoms with Gasteiger partial charge in [-0.15, -0.1) is 0 Å². The molecule has 0 saturated carbocycles. The Hall–Kier alpha value is -3.00. The molecule has 1 atom stereocenters. The van der Waals surface area contributed by atoms with Gasteiger partial charge >= 0.3 is 0 Å². The fraction of sp³-hybridized carbons (Fsp3) is 0.348. The van der Waals surface area contributed by atoms with Gasteiger partial charge in [0.2, 0.25) is 5.91 Å². The van der Waals surface area contributed by atoms with Crippen LogP contribution in [0.1, 0.15) is 20.8 Å². The summed E-state index contributed by atoms with van der Waals surface area (Å²) < 4.78 is 12.8. The molecule has 7 nitrogen and oxygen atoms in total. The first kappa shape index (κ1) is 21.2. The van der Waals surface area contributed by atoms with Crippen molar-refractivity contribution in [3.63, 3.8) is 0 Å².